The molecule has 0 spiro atoms. The summed E-state index contributed by atoms with van der Waals surface area (Å²) >= 11 is 5.98. The molecule has 1 aliphatic carbocycles. The maximum absolute atomic E-state index is 12.6. The first-order chi connectivity index (χ1) is 11.6. The van der Waals surface area contributed by atoms with Crippen molar-refractivity contribution in [2.45, 2.75) is 38.0 Å². The Labute approximate surface area is 145 Å². The van der Waals surface area contributed by atoms with Gasteiger partial charge in [-0.15, -0.1) is 0 Å². The number of carbonyl (C=O) groups is 1. The molecule has 1 aliphatic heterocycles. The lowest BCUT2D eigenvalue weighted by Crippen LogP contribution is -2.39. The molecule has 0 unspecified atom stereocenters. The molecule has 1 amide bonds. The van der Waals surface area contributed by atoms with Gasteiger partial charge in [0.1, 0.15) is 5.69 Å². The maximum Gasteiger partial charge on any atom is 0.270 e. The Morgan fingerprint density at radius 1 is 1.33 bits per heavy atom. The van der Waals surface area contributed by atoms with Crippen molar-refractivity contribution in [2.24, 2.45) is 13.0 Å². The maximum atomic E-state index is 12.6. The van der Waals surface area contributed by atoms with Crippen LogP contribution in [0.2, 0.25) is 5.02 Å². The molecule has 0 N–H and O–H groups in total. The fourth-order valence-corrected chi connectivity index (χ4v) is 3.59. The van der Waals surface area contributed by atoms with Gasteiger partial charge in [-0.2, -0.15) is 4.98 Å². The van der Waals surface area contributed by atoms with E-state index in [2.05, 4.69) is 10.1 Å². The van der Waals surface area contributed by atoms with E-state index in [4.69, 9.17) is 16.1 Å². The van der Waals surface area contributed by atoms with E-state index in [0.717, 1.165) is 44.1 Å². The van der Waals surface area contributed by atoms with E-state index < -0.39 is 0 Å². The van der Waals surface area contributed by atoms with E-state index in [1.165, 1.54) is 12.8 Å². The van der Waals surface area contributed by atoms with Gasteiger partial charge in [0.15, 0.2) is 5.82 Å². The number of aryl methyl sites for hydroxylation is 1. The highest BCUT2D eigenvalue weighted by Gasteiger charge is 2.31. The standard InChI is InChI=1S/C17H21ClN4O2/c1-21-10-13(18)9-14(21)17(23)22-6-4-11(5-7-22)8-15-19-16(24-20-15)12-2-3-12/h9-12H,2-8H2,1H3. The van der Waals surface area contributed by atoms with E-state index in [9.17, 15) is 4.79 Å². The molecule has 2 aromatic heterocycles. The third-order valence-electron chi connectivity index (χ3n) is 4.97. The van der Waals surface area contributed by atoms with Crippen LogP contribution in [0, 0.1) is 5.92 Å². The largest absolute Gasteiger partial charge is 0.345 e. The summed E-state index contributed by atoms with van der Waals surface area (Å²) in [5, 5.41) is 4.70. The van der Waals surface area contributed by atoms with E-state index in [0.29, 0.717) is 22.6 Å². The van der Waals surface area contributed by atoms with Gasteiger partial charge in [0.25, 0.3) is 5.91 Å². The Bertz CT molecular complexity index is 742. The number of likely N-dealkylation sites (tertiary alicyclic amines) is 1. The number of rotatable bonds is 4. The third kappa shape index (κ3) is 3.20. The van der Waals surface area contributed by atoms with Gasteiger partial charge in [0, 0.05) is 38.7 Å². The Balaban J connectivity index is 1.32. The Hall–Kier alpha value is -1.82. The number of amides is 1. The Kier molecular flexibility index (Phi) is 4.08. The second kappa shape index (κ2) is 6.24. The van der Waals surface area contributed by atoms with E-state index in [-0.39, 0.29) is 5.91 Å². The Morgan fingerprint density at radius 2 is 2.08 bits per heavy atom. The molecule has 6 nitrogen and oxygen atoms in total. The summed E-state index contributed by atoms with van der Waals surface area (Å²) in [6.45, 7) is 1.53. The van der Waals surface area contributed by atoms with Crippen LogP contribution in [0.1, 0.15) is 53.8 Å². The molecule has 24 heavy (non-hydrogen) atoms. The number of nitrogens with zero attached hydrogens (tertiary/aromatic N) is 4. The first kappa shape index (κ1) is 15.7. The quantitative estimate of drug-likeness (QED) is 0.851. The van der Waals surface area contributed by atoms with Crippen LogP contribution >= 0.6 is 11.6 Å². The molecule has 1 saturated heterocycles. The van der Waals surface area contributed by atoms with Crippen LogP contribution in [0.4, 0.5) is 0 Å². The third-order valence-corrected chi connectivity index (χ3v) is 5.18. The summed E-state index contributed by atoms with van der Waals surface area (Å²) in [6, 6.07) is 1.73. The van der Waals surface area contributed by atoms with Crippen LogP contribution in [0.15, 0.2) is 16.8 Å². The number of hydrogen-bond acceptors (Lipinski definition) is 4. The second-order valence-corrected chi connectivity index (χ2v) is 7.35. The predicted octanol–water partition coefficient (Wildman–Crippen LogP) is 3.03. The highest BCUT2D eigenvalue weighted by molar-refractivity contribution is 6.31. The highest BCUT2D eigenvalue weighted by Crippen LogP contribution is 2.39. The molecule has 0 bridgehead atoms. The van der Waals surface area contributed by atoms with Gasteiger partial charge in [-0.3, -0.25) is 4.79 Å². The average Bonchev–Trinajstić information content (AvgIpc) is 3.23. The summed E-state index contributed by atoms with van der Waals surface area (Å²) < 4.78 is 7.11. The lowest BCUT2D eigenvalue weighted by atomic mass is 9.93. The fraction of sp³-hybridized carbons (Fsp3) is 0.588. The summed E-state index contributed by atoms with van der Waals surface area (Å²) in [4.78, 5) is 19.0. The monoisotopic (exact) mass is 348 g/mol. The second-order valence-electron chi connectivity index (χ2n) is 6.92. The minimum Gasteiger partial charge on any atom is -0.345 e. The van der Waals surface area contributed by atoms with Gasteiger partial charge < -0.3 is 14.0 Å². The van der Waals surface area contributed by atoms with Crippen molar-refractivity contribution >= 4 is 17.5 Å². The molecule has 2 fully saturated rings. The number of halogens is 1. The normalized spacial score (nSPS) is 19.0. The van der Waals surface area contributed by atoms with Gasteiger partial charge in [0.05, 0.1) is 5.02 Å². The van der Waals surface area contributed by atoms with E-state index in [1.807, 2.05) is 11.9 Å². The van der Waals surface area contributed by atoms with Crippen LogP contribution in [-0.2, 0) is 13.5 Å². The van der Waals surface area contributed by atoms with Crippen molar-refractivity contribution in [3.8, 4) is 0 Å². The average molecular weight is 349 g/mol. The molecule has 2 aliphatic rings. The molecule has 4 rings (SSSR count). The van der Waals surface area contributed by atoms with Gasteiger partial charge in [0.2, 0.25) is 5.89 Å². The summed E-state index contributed by atoms with van der Waals surface area (Å²) in [5.41, 5.74) is 0.644. The van der Waals surface area contributed by atoms with Gasteiger partial charge in [-0.05, 0) is 37.7 Å². The molecule has 3 heterocycles. The molecule has 1 saturated carbocycles. The molecule has 2 aromatic rings. The predicted molar refractivity (Wildman–Crippen MR) is 89.0 cm³/mol. The molecule has 7 heteroatoms. The fourth-order valence-electron chi connectivity index (χ4n) is 3.34. The van der Waals surface area contributed by atoms with Crippen molar-refractivity contribution in [1.82, 2.24) is 19.6 Å². The summed E-state index contributed by atoms with van der Waals surface area (Å²) in [6.07, 6.45) is 6.88. The Morgan fingerprint density at radius 3 is 2.71 bits per heavy atom. The summed E-state index contributed by atoms with van der Waals surface area (Å²) in [7, 11) is 1.85. The van der Waals surface area contributed by atoms with Crippen molar-refractivity contribution in [3.05, 3.63) is 34.7 Å². The molecule has 128 valence electrons. The minimum atomic E-state index is 0.0541. The zero-order valence-corrected chi connectivity index (χ0v) is 14.5. The van der Waals surface area contributed by atoms with Crippen molar-refractivity contribution < 1.29 is 9.32 Å². The SMILES string of the molecule is Cn1cc(Cl)cc1C(=O)N1CCC(Cc2noc(C3CC3)n2)CC1. The van der Waals surface area contributed by atoms with Gasteiger partial charge in [-0.25, -0.2) is 0 Å². The molecular formula is C17H21ClN4O2. The van der Waals surface area contributed by atoms with Crippen LogP contribution in [0.25, 0.3) is 0 Å². The number of piperidine rings is 1. The minimum absolute atomic E-state index is 0.0541. The van der Waals surface area contributed by atoms with Crippen molar-refractivity contribution in [1.29, 1.82) is 0 Å². The van der Waals surface area contributed by atoms with E-state index in [1.54, 1.807) is 16.8 Å². The zero-order chi connectivity index (χ0) is 16.7. The topological polar surface area (TPSA) is 64.2 Å². The van der Waals surface area contributed by atoms with Crippen LogP contribution in [0.3, 0.4) is 0 Å². The first-order valence-electron chi connectivity index (χ1n) is 8.54. The molecule has 0 aromatic carbocycles. The molecule has 0 radical (unpaired) electrons. The smallest absolute Gasteiger partial charge is 0.270 e. The number of carbonyl (C=O) groups excluding carboxylic acids is 1. The number of hydrogen-bond donors (Lipinski definition) is 0. The molecule has 0 atom stereocenters. The lowest BCUT2D eigenvalue weighted by molar-refractivity contribution is 0.0680. The van der Waals surface area contributed by atoms with Crippen LogP contribution in [0.5, 0.6) is 0 Å². The highest BCUT2D eigenvalue weighted by atomic mass is 35.5. The lowest BCUT2D eigenvalue weighted by Gasteiger charge is -2.31. The van der Waals surface area contributed by atoms with E-state index >= 15 is 0 Å². The van der Waals surface area contributed by atoms with Crippen molar-refractivity contribution in [2.75, 3.05) is 13.1 Å². The van der Waals surface area contributed by atoms with Crippen LogP contribution < -0.4 is 0 Å². The number of aromatic nitrogens is 3. The molecular weight excluding hydrogens is 328 g/mol. The van der Waals surface area contributed by atoms with Crippen molar-refractivity contribution in [3.63, 3.8) is 0 Å². The van der Waals surface area contributed by atoms with Crippen LogP contribution in [-0.4, -0.2) is 38.6 Å². The van der Waals surface area contributed by atoms with Gasteiger partial charge >= 0.3 is 0 Å². The first-order valence-corrected chi connectivity index (χ1v) is 8.91. The summed E-state index contributed by atoms with van der Waals surface area (Å²) in [5.74, 6) is 2.69. The zero-order valence-electron chi connectivity index (χ0n) is 13.7. The van der Waals surface area contributed by atoms with Gasteiger partial charge in [-0.1, -0.05) is 16.8 Å².